The molecule has 2 atom stereocenters. The summed E-state index contributed by atoms with van der Waals surface area (Å²) in [7, 11) is 0. The summed E-state index contributed by atoms with van der Waals surface area (Å²) in [5, 5.41) is 17.2. The van der Waals surface area contributed by atoms with Gasteiger partial charge in [0, 0.05) is 13.0 Å². The highest BCUT2D eigenvalue weighted by Crippen LogP contribution is 2.34. The third-order valence-corrected chi connectivity index (χ3v) is 2.46. The topological polar surface area (TPSA) is 47.3 Å². The Morgan fingerprint density at radius 3 is 3.18 bits per heavy atom. The number of hydrogen-bond donors (Lipinski definition) is 2. The van der Waals surface area contributed by atoms with Gasteiger partial charge in [0.25, 0.3) is 0 Å². The molecule has 0 aromatic rings. The maximum absolute atomic E-state index is 9.79. The zero-order valence-electron chi connectivity index (χ0n) is 5.92. The van der Waals surface area contributed by atoms with Crippen LogP contribution in [-0.4, -0.2) is 33.5 Å². The third kappa shape index (κ3) is 0.880. The lowest BCUT2D eigenvalue weighted by atomic mass is 10.2. The first-order chi connectivity index (χ1) is 5.12. The van der Waals surface area contributed by atoms with Crippen molar-refractivity contribution in [3.8, 4) is 0 Å². The fourth-order valence-corrected chi connectivity index (χ4v) is 1.99. The van der Waals surface area contributed by atoms with Crippen LogP contribution in [0.1, 0.15) is 6.42 Å². The molecule has 2 aliphatic heterocycles. The molecule has 2 rings (SSSR count). The van der Waals surface area contributed by atoms with Crippen molar-refractivity contribution >= 4 is 17.4 Å². The fourth-order valence-electron chi connectivity index (χ4n) is 1.62. The largest absolute Gasteiger partial charge is 0.367 e. The van der Waals surface area contributed by atoms with Crippen molar-refractivity contribution < 1.29 is 5.11 Å². The molecule has 0 spiro atoms. The van der Waals surface area contributed by atoms with Crippen LogP contribution in [0.3, 0.4) is 0 Å². The molecule has 0 bridgehead atoms. The van der Waals surface area contributed by atoms with Crippen LogP contribution >= 0.6 is 11.6 Å². The van der Waals surface area contributed by atoms with Gasteiger partial charge in [-0.25, -0.2) is 0 Å². The highest BCUT2D eigenvalue weighted by Gasteiger charge is 2.45. The molecule has 2 heterocycles. The summed E-state index contributed by atoms with van der Waals surface area (Å²) in [5.41, 5.74) is -0.955. The summed E-state index contributed by atoms with van der Waals surface area (Å²) in [4.78, 5) is 1.62. The molecule has 1 unspecified atom stereocenters. The fraction of sp³-hybridized carbons (Fsp3) is 0.571. The molecule has 4 heteroatoms. The number of fused-ring (bicyclic) bond motifs is 1. The minimum Gasteiger partial charge on any atom is -0.367 e. The quantitative estimate of drug-likeness (QED) is 0.524. The van der Waals surface area contributed by atoms with Crippen LogP contribution in [0.4, 0.5) is 0 Å². The van der Waals surface area contributed by atoms with Gasteiger partial charge in [-0.15, -0.1) is 11.6 Å². The number of hydrogen-bond acceptors (Lipinski definition) is 2. The summed E-state index contributed by atoms with van der Waals surface area (Å²) >= 11 is 5.84. The Morgan fingerprint density at radius 2 is 2.55 bits per heavy atom. The molecule has 1 fully saturated rings. The minimum absolute atomic E-state index is 0.0368. The van der Waals surface area contributed by atoms with Gasteiger partial charge in [0.1, 0.15) is 5.84 Å². The summed E-state index contributed by atoms with van der Waals surface area (Å²) < 4.78 is 0. The smallest absolute Gasteiger partial charge is 0.160 e. The van der Waals surface area contributed by atoms with Crippen molar-refractivity contribution in [2.75, 3.05) is 6.54 Å². The van der Waals surface area contributed by atoms with Crippen LogP contribution in [0.2, 0.25) is 0 Å². The molecule has 0 radical (unpaired) electrons. The molecule has 0 amide bonds. The highest BCUT2D eigenvalue weighted by molar-refractivity contribution is 6.21. The zero-order chi connectivity index (χ0) is 8.06. The van der Waals surface area contributed by atoms with Crippen LogP contribution in [0.25, 0.3) is 0 Å². The summed E-state index contributed by atoms with van der Waals surface area (Å²) in [6.07, 6.45) is 3.77. The van der Waals surface area contributed by atoms with E-state index in [2.05, 4.69) is 0 Å². The standard InChI is InChI=1S/C7H9ClN2O/c8-5-3-7(11)2-1-6(9)10(7)4-5/h1-2,5,9,11H,3-4H2/t5?,7-/m1/s1. The van der Waals surface area contributed by atoms with Crippen molar-refractivity contribution in [2.45, 2.75) is 17.5 Å². The van der Waals surface area contributed by atoms with Crippen LogP contribution in [0.15, 0.2) is 12.2 Å². The first kappa shape index (κ1) is 7.13. The summed E-state index contributed by atoms with van der Waals surface area (Å²) in [6, 6.07) is 0. The number of alkyl halides is 1. The molecule has 60 valence electrons. The second-order valence-corrected chi connectivity index (χ2v) is 3.63. The lowest BCUT2D eigenvalue weighted by Gasteiger charge is -2.25. The maximum atomic E-state index is 9.79. The Bertz CT molecular complexity index is 241. The number of amidine groups is 1. The van der Waals surface area contributed by atoms with Crippen LogP contribution < -0.4 is 0 Å². The Kier molecular flexibility index (Phi) is 1.29. The SMILES string of the molecule is N=C1C=C[C@@]2(O)CC(Cl)CN12. The molecule has 0 saturated carbocycles. The zero-order valence-corrected chi connectivity index (χ0v) is 6.67. The van der Waals surface area contributed by atoms with Gasteiger partial charge in [0.05, 0.1) is 5.38 Å². The molecule has 0 aromatic heterocycles. The number of nitrogens with one attached hydrogen (secondary N) is 1. The van der Waals surface area contributed by atoms with Gasteiger partial charge >= 0.3 is 0 Å². The van der Waals surface area contributed by atoms with E-state index in [9.17, 15) is 5.11 Å². The monoisotopic (exact) mass is 172 g/mol. The van der Waals surface area contributed by atoms with Crippen LogP contribution in [0.5, 0.6) is 0 Å². The van der Waals surface area contributed by atoms with Gasteiger partial charge in [0.2, 0.25) is 0 Å². The van der Waals surface area contributed by atoms with E-state index < -0.39 is 5.72 Å². The normalized spacial score (nSPS) is 41.8. The second-order valence-electron chi connectivity index (χ2n) is 3.01. The molecular formula is C7H9ClN2O. The Labute approximate surface area is 69.8 Å². The predicted molar refractivity (Wildman–Crippen MR) is 42.8 cm³/mol. The molecule has 0 aromatic carbocycles. The van der Waals surface area contributed by atoms with Crippen molar-refractivity contribution in [3.63, 3.8) is 0 Å². The van der Waals surface area contributed by atoms with Crippen molar-refractivity contribution in [1.82, 2.24) is 4.90 Å². The molecular weight excluding hydrogens is 164 g/mol. The summed E-state index contributed by atoms with van der Waals surface area (Å²) in [6.45, 7) is 0.573. The number of nitrogens with zero attached hydrogens (tertiary/aromatic N) is 1. The van der Waals surface area contributed by atoms with Gasteiger partial charge in [-0.1, -0.05) is 0 Å². The number of rotatable bonds is 0. The number of halogens is 1. The maximum Gasteiger partial charge on any atom is 0.160 e. The van der Waals surface area contributed by atoms with E-state index in [0.29, 0.717) is 18.8 Å². The van der Waals surface area contributed by atoms with E-state index in [1.807, 2.05) is 0 Å². The summed E-state index contributed by atoms with van der Waals surface area (Å²) in [5.74, 6) is 0.357. The van der Waals surface area contributed by atoms with E-state index in [4.69, 9.17) is 17.0 Å². The lowest BCUT2D eigenvalue weighted by molar-refractivity contribution is 0.0111. The van der Waals surface area contributed by atoms with Crippen LogP contribution in [-0.2, 0) is 0 Å². The first-order valence-corrected chi connectivity index (χ1v) is 3.97. The van der Waals surface area contributed by atoms with Crippen molar-refractivity contribution in [2.24, 2.45) is 0 Å². The predicted octanol–water partition coefficient (Wildman–Crippen LogP) is 0.535. The molecule has 3 nitrogen and oxygen atoms in total. The van der Waals surface area contributed by atoms with Gasteiger partial charge in [-0.2, -0.15) is 0 Å². The Balaban J connectivity index is 2.31. The van der Waals surface area contributed by atoms with Crippen LogP contribution in [0, 0.1) is 5.41 Å². The van der Waals surface area contributed by atoms with E-state index in [0.717, 1.165) is 0 Å². The third-order valence-electron chi connectivity index (χ3n) is 2.17. The van der Waals surface area contributed by atoms with E-state index in [1.54, 1.807) is 17.1 Å². The molecule has 0 aliphatic carbocycles. The van der Waals surface area contributed by atoms with Gasteiger partial charge < -0.3 is 10.0 Å². The Morgan fingerprint density at radius 1 is 1.82 bits per heavy atom. The molecule has 1 saturated heterocycles. The lowest BCUT2D eigenvalue weighted by Crippen LogP contribution is -2.40. The average Bonchev–Trinajstić information content (AvgIpc) is 2.32. The minimum atomic E-state index is -0.955. The van der Waals surface area contributed by atoms with E-state index in [-0.39, 0.29) is 5.38 Å². The number of aliphatic hydroxyl groups is 1. The van der Waals surface area contributed by atoms with Gasteiger partial charge in [-0.3, -0.25) is 5.41 Å². The Hall–Kier alpha value is -0.540. The highest BCUT2D eigenvalue weighted by atomic mass is 35.5. The van der Waals surface area contributed by atoms with E-state index >= 15 is 0 Å². The molecule has 11 heavy (non-hydrogen) atoms. The second kappa shape index (κ2) is 1.99. The molecule has 2 aliphatic rings. The van der Waals surface area contributed by atoms with Crippen molar-refractivity contribution in [3.05, 3.63) is 12.2 Å². The van der Waals surface area contributed by atoms with Gasteiger partial charge in [-0.05, 0) is 12.2 Å². The van der Waals surface area contributed by atoms with Gasteiger partial charge in [0.15, 0.2) is 5.72 Å². The van der Waals surface area contributed by atoms with E-state index in [1.165, 1.54) is 0 Å². The average molecular weight is 173 g/mol. The molecule has 2 N–H and O–H groups in total. The first-order valence-electron chi connectivity index (χ1n) is 3.54. The van der Waals surface area contributed by atoms with Crippen molar-refractivity contribution in [1.29, 1.82) is 5.41 Å².